The van der Waals surface area contributed by atoms with E-state index in [4.69, 9.17) is 9.47 Å². The molecular formula is C22H27NO3. The summed E-state index contributed by atoms with van der Waals surface area (Å²) < 4.78 is 11.1. The van der Waals surface area contributed by atoms with Crippen molar-refractivity contribution in [1.82, 2.24) is 0 Å². The van der Waals surface area contributed by atoms with Gasteiger partial charge in [0, 0.05) is 11.8 Å². The van der Waals surface area contributed by atoms with Crippen molar-refractivity contribution in [2.24, 2.45) is 5.92 Å². The lowest BCUT2D eigenvalue weighted by Crippen LogP contribution is -2.07. The second-order valence-electron chi connectivity index (χ2n) is 6.38. The molecule has 0 unspecified atom stereocenters. The molecule has 0 spiro atoms. The summed E-state index contributed by atoms with van der Waals surface area (Å²) >= 11 is 0. The van der Waals surface area contributed by atoms with E-state index in [1.165, 1.54) is 6.08 Å². The predicted octanol–water partition coefficient (Wildman–Crippen LogP) is 5.16. The Morgan fingerprint density at radius 3 is 2.23 bits per heavy atom. The van der Waals surface area contributed by atoms with Crippen molar-refractivity contribution < 1.29 is 14.3 Å². The largest absolute Gasteiger partial charge is 0.494 e. The van der Waals surface area contributed by atoms with E-state index < -0.39 is 0 Å². The van der Waals surface area contributed by atoms with Crippen LogP contribution in [0.25, 0.3) is 6.08 Å². The Morgan fingerprint density at radius 1 is 1.00 bits per heavy atom. The van der Waals surface area contributed by atoms with E-state index in [0.29, 0.717) is 19.1 Å². The average molecular weight is 353 g/mol. The third-order valence-electron chi connectivity index (χ3n) is 3.70. The summed E-state index contributed by atoms with van der Waals surface area (Å²) in [6.45, 7) is 7.63. The number of carbonyl (C=O) groups excluding carboxylic acids is 1. The molecule has 4 heteroatoms. The molecule has 26 heavy (non-hydrogen) atoms. The van der Waals surface area contributed by atoms with Gasteiger partial charge < -0.3 is 14.8 Å². The highest BCUT2D eigenvalue weighted by Gasteiger charge is 2.00. The van der Waals surface area contributed by atoms with Gasteiger partial charge >= 0.3 is 0 Å². The number of hydrogen-bond acceptors (Lipinski definition) is 3. The number of amides is 1. The Hall–Kier alpha value is -2.75. The SMILES string of the molecule is CCOc1ccc(/C=C/C(=O)Nc2ccc(OCCC(C)C)cc2)cc1. The molecule has 1 N–H and O–H groups in total. The average Bonchev–Trinajstić information content (AvgIpc) is 2.63. The number of rotatable bonds is 9. The van der Waals surface area contributed by atoms with Crippen LogP contribution in [-0.4, -0.2) is 19.1 Å². The molecule has 0 aliphatic rings. The van der Waals surface area contributed by atoms with E-state index in [1.807, 2.05) is 55.5 Å². The Kier molecular flexibility index (Phi) is 7.75. The van der Waals surface area contributed by atoms with Gasteiger partial charge in [-0.2, -0.15) is 0 Å². The molecule has 0 atom stereocenters. The minimum Gasteiger partial charge on any atom is -0.494 e. The van der Waals surface area contributed by atoms with E-state index in [-0.39, 0.29) is 5.91 Å². The van der Waals surface area contributed by atoms with E-state index in [9.17, 15) is 4.79 Å². The molecule has 1 amide bonds. The number of nitrogens with one attached hydrogen (secondary N) is 1. The Labute approximate surface area is 155 Å². The van der Waals surface area contributed by atoms with E-state index >= 15 is 0 Å². The molecule has 0 saturated carbocycles. The quantitative estimate of drug-likeness (QED) is 0.633. The van der Waals surface area contributed by atoms with Crippen LogP contribution in [0.1, 0.15) is 32.8 Å². The number of ether oxygens (including phenoxy) is 2. The van der Waals surface area contributed by atoms with Crippen LogP contribution < -0.4 is 14.8 Å². The second-order valence-corrected chi connectivity index (χ2v) is 6.38. The molecule has 2 aromatic rings. The molecule has 0 radical (unpaired) electrons. The van der Waals surface area contributed by atoms with Crippen LogP contribution in [0.2, 0.25) is 0 Å². The fourth-order valence-electron chi connectivity index (χ4n) is 2.24. The zero-order chi connectivity index (χ0) is 18.8. The maximum absolute atomic E-state index is 12.0. The number of carbonyl (C=O) groups is 1. The van der Waals surface area contributed by atoms with Crippen molar-refractivity contribution in [2.75, 3.05) is 18.5 Å². The van der Waals surface area contributed by atoms with Crippen LogP contribution in [0.5, 0.6) is 11.5 Å². The third-order valence-corrected chi connectivity index (χ3v) is 3.70. The summed E-state index contributed by atoms with van der Waals surface area (Å²) in [5.74, 6) is 2.08. The van der Waals surface area contributed by atoms with Crippen molar-refractivity contribution in [3.8, 4) is 11.5 Å². The third kappa shape index (κ3) is 7.01. The van der Waals surface area contributed by atoms with Gasteiger partial charge in [0.1, 0.15) is 11.5 Å². The molecule has 0 fully saturated rings. The minimum absolute atomic E-state index is 0.174. The van der Waals surface area contributed by atoms with Gasteiger partial charge in [-0.3, -0.25) is 4.79 Å². The molecule has 4 nitrogen and oxygen atoms in total. The van der Waals surface area contributed by atoms with Crippen LogP contribution in [0, 0.1) is 5.92 Å². The van der Waals surface area contributed by atoms with Gasteiger partial charge in [-0.1, -0.05) is 26.0 Å². The molecule has 0 heterocycles. The van der Waals surface area contributed by atoms with Gasteiger partial charge in [-0.25, -0.2) is 0 Å². The minimum atomic E-state index is -0.174. The molecule has 0 bridgehead atoms. The van der Waals surface area contributed by atoms with Crippen molar-refractivity contribution in [1.29, 1.82) is 0 Å². The lowest BCUT2D eigenvalue weighted by molar-refractivity contribution is -0.111. The smallest absolute Gasteiger partial charge is 0.248 e. The zero-order valence-corrected chi connectivity index (χ0v) is 15.7. The van der Waals surface area contributed by atoms with Crippen LogP contribution in [0.3, 0.4) is 0 Å². The molecule has 138 valence electrons. The van der Waals surface area contributed by atoms with E-state index in [0.717, 1.165) is 29.2 Å². The lowest BCUT2D eigenvalue weighted by Gasteiger charge is -2.09. The topological polar surface area (TPSA) is 47.6 Å². The molecule has 0 aromatic heterocycles. The van der Waals surface area contributed by atoms with Crippen molar-refractivity contribution in [3.05, 3.63) is 60.2 Å². The zero-order valence-electron chi connectivity index (χ0n) is 15.7. The Bertz CT molecular complexity index is 703. The summed E-state index contributed by atoms with van der Waals surface area (Å²) in [5, 5.41) is 2.84. The Balaban J connectivity index is 1.83. The van der Waals surface area contributed by atoms with Crippen LogP contribution >= 0.6 is 0 Å². The summed E-state index contributed by atoms with van der Waals surface area (Å²) in [5.41, 5.74) is 1.68. The lowest BCUT2D eigenvalue weighted by atomic mass is 10.1. The Morgan fingerprint density at radius 2 is 1.62 bits per heavy atom. The first kappa shape index (κ1) is 19.6. The van der Waals surface area contributed by atoms with Gasteiger partial charge in [-0.05, 0) is 67.3 Å². The first-order chi connectivity index (χ1) is 12.6. The van der Waals surface area contributed by atoms with Gasteiger partial charge in [0.2, 0.25) is 5.91 Å². The highest BCUT2D eigenvalue weighted by atomic mass is 16.5. The number of anilines is 1. The molecule has 0 aliphatic carbocycles. The monoisotopic (exact) mass is 353 g/mol. The number of benzene rings is 2. The van der Waals surface area contributed by atoms with Gasteiger partial charge in [0.05, 0.1) is 13.2 Å². The van der Waals surface area contributed by atoms with Crippen molar-refractivity contribution >= 4 is 17.7 Å². The fourth-order valence-corrected chi connectivity index (χ4v) is 2.24. The summed E-state index contributed by atoms with van der Waals surface area (Å²) in [6.07, 6.45) is 4.31. The van der Waals surface area contributed by atoms with Crippen LogP contribution in [0.4, 0.5) is 5.69 Å². The van der Waals surface area contributed by atoms with Gasteiger partial charge in [0.25, 0.3) is 0 Å². The highest BCUT2D eigenvalue weighted by molar-refractivity contribution is 6.01. The fraction of sp³-hybridized carbons (Fsp3) is 0.318. The normalized spacial score (nSPS) is 10.9. The van der Waals surface area contributed by atoms with Crippen molar-refractivity contribution in [2.45, 2.75) is 27.2 Å². The highest BCUT2D eigenvalue weighted by Crippen LogP contribution is 2.17. The summed E-state index contributed by atoms with van der Waals surface area (Å²) in [4.78, 5) is 12.0. The molecular weight excluding hydrogens is 326 g/mol. The van der Waals surface area contributed by atoms with Gasteiger partial charge in [0.15, 0.2) is 0 Å². The van der Waals surface area contributed by atoms with Crippen LogP contribution in [-0.2, 0) is 4.79 Å². The molecule has 0 saturated heterocycles. The first-order valence-electron chi connectivity index (χ1n) is 9.01. The van der Waals surface area contributed by atoms with Crippen molar-refractivity contribution in [3.63, 3.8) is 0 Å². The summed E-state index contributed by atoms with van der Waals surface area (Å²) in [7, 11) is 0. The van der Waals surface area contributed by atoms with E-state index in [2.05, 4.69) is 19.2 Å². The second kappa shape index (κ2) is 10.3. The molecule has 0 aliphatic heterocycles. The predicted molar refractivity (Wildman–Crippen MR) is 107 cm³/mol. The first-order valence-corrected chi connectivity index (χ1v) is 9.01. The standard InChI is InChI=1S/C22H27NO3/c1-4-25-20-10-5-18(6-11-20)7-14-22(24)23-19-8-12-21(13-9-19)26-16-15-17(2)3/h5-14,17H,4,15-16H2,1-3H3,(H,23,24)/b14-7+. The van der Waals surface area contributed by atoms with Crippen LogP contribution in [0.15, 0.2) is 54.6 Å². The number of hydrogen-bond donors (Lipinski definition) is 1. The van der Waals surface area contributed by atoms with Gasteiger partial charge in [-0.15, -0.1) is 0 Å². The van der Waals surface area contributed by atoms with E-state index in [1.54, 1.807) is 6.08 Å². The summed E-state index contributed by atoms with van der Waals surface area (Å²) in [6, 6.07) is 15.0. The maximum Gasteiger partial charge on any atom is 0.248 e. The molecule has 2 rings (SSSR count). The maximum atomic E-state index is 12.0. The molecule has 2 aromatic carbocycles.